The van der Waals surface area contributed by atoms with Gasteiger partial charge < -0.3 is 43.7 Å². The molecule has 0 aliphatic carbocycles. The van der Waals surface area contributed by atoms with Gasteiger partial charge in [-0.25, -0.2) is 4.18 Å². The first kappa shape index (κ1) is 86.2. The van der Waals surface area contributed by atoms with Crippen molar-refractivity contribution in [2.45, 2.75) is 150 Å². The highest BCUT2D eigenvalue weighted by Gasteiger charge is 2.07. The summed E-state index contributed by atoms with van der Waals surface area (Å²) in [5.41, 5.74) is 0. The summed E-state index contributed by atoms with van der Waals surface area (Å²) < 4.78 is 77.2. The van der Waals surface area contributed by atoms with E-state index in [4.69, 9.17) is 20.1 Å². The molecule has 0 unspecified atom stereocenters. The van der Waals surface area contributed by atoms with E-state index in [2.05, 4.69) is 45.9 Å². The van der Waals surface area contributed by atoms with E-state index < -0.39 is 50.9 Å². The molecule has 0 aromatic heterocycles. The number of carboxylic acid groups (broad SMARTS) is 3. The first-order valence-electron chi connectivity index (χ1n) is 20.0. The quantitative estimate of drug-likeness (QED) is 0.0490. The number of hydrogen-bond acceptors (Lipinski definition) is 19. The van der Waals surface area contributed by atoms with Crippen molar-refractivity contribution in [1.29, 1.82) is 0 Å². The smallest absolute Gasteiger partial charge is 0.304 e. The summed E-state index contributed by atoms with van der Waals surface area (Å²) >= 11 is 0. The van der Waals surface area contributed by atoms with Crippen molar-refractivity contribution in [2.24, 2.45) is 0 Å². The molecule has 0 bridgehead atoms. The standard InChI is InChI=1S/C5H10O5S.C5H10O3.C4H10O3S.2C4H8O2.3C3H6O2.C3H8O.C3H8.C2H6/c1-3-11(7,8)10-4-9-5(2)6;1-3-7-4-8-5(2)6;1-3-7-8(5,6)4-2;2*1-3-6-4(2)5;3*1-2-3(4)5;1-3-4-2;1-3-2;1-2/h3-4H2,1-2H3;2*3-4H2,1-2H3;2*3H2,1-2H3;3*2H2,1H3,(H,4,5);3H2,1-2H3;3H2,1-2H3;1-2H3. The third-order valence-corrected chi connectivity index (χ3v) is 6.40. The second kappa shape index (κ2) is 75.4. The molecule has 0 spiro atoms. The maximum atomic E-state index is 10.6. The van der Waals surface area contributed by atoms with Crippen LogP contribution in [-0.2, 0) is 90.6 Å². The van der Waals surface area contributed by atoms with E-state index in [1.165, 1.54) is 41.0 Å². The topological polar surface area (TPSA) is 322 Å². The van der Waals surface area contributed by atoms with Gasteiger partial charge in [-0.1, -0.05) is 54.9 Å². The van der Waals surface area contributed by atoms with Crippen molar-refractivity contribution < 1.29 is 103 Å². The molecule has 63 heavy (non-hydrogen) atoms. The third-order valence-electron chi connectivity index (χ3n) is 3.94. The van der Waals surface area contributed by atoms with Crippen LogP contribution in [0.5, 0.6) is 0 Å². The SMILES string of the molecule is CC.CCC.CCC(=O)O.CCC(=O)O.CCC(=O)O.CCOC.CCOC(C)=O.CCOC(C)=O.CCOCOC(C)=O.CCOS(=O)(=O)CC.CCS(=O)(=O)OCOC(C)=O. The van der Waals surface area contributed by atoms with Gasteiger partial charge in [0.1, 0.15) is 0 Å². The minimum atomic E-state index is -3.49. The molecule has 386 valence electrons. The van der Waals surface area contributed by atoms with Crippen LogP contribution in [0.1, 0.15) is 150 Å². The molecule has 22 nitrogen and oxygen atoms in total. The van der Waals surface area contributed by atoms with E-state index in [0.717, 1.165) is 6.61 Å². The second-order valence-electron chi connectivity index (χ2n) is 9.59. The Balaban J connectivity index is -0.0000000537. The molecule has 0 aromatic carbocycles. The Morgan fingerprint density at radius 3 is 0.778 bits per heavy atom. The first-order valence-corrected chi connectivity index (χ1v) is 23.2. The highest BCUT2D eigenvalue weighted by atomic mass is 32.2. The normalized spacial score (nSPS) is 8.62. The van der Waals surface area contributed by atoms with E-state index in [1.54, 1.807) is 55.6 Å². The lowest BCUT2D eigenvalue weighted by atomic mass is 10.5. The summed E-state index contributed by atoms with van der Waals surface area (Å²) in [6.07, 6.45) is 1.92. The molecule has 0 heterocycles. The summed E-state index contributed by atoms with van der Waals surface area (Å²) in [7, 11) is -4.98. The lowest BCUT2D eigenvalue weighted by molar-refractivity contribution is -0.153. The number of esters is 4. The summed E-state index contributed by atoms with van der Waals surface area (Å²) in [5, 5.41) is 23.2. The molecular formula is C39H86O22S2. The largest absolute Gasteiger partial charge is 0.481 e. The maximum absolute atomic E-state index is 10.6. The predicted octanol–water partition coefficient (Wildman–Crippen LogP) is 6.47. The highest BCUT2D eigenvalue weighted by Crippen LogP contribution is 1.92. The molecule has 0 saturated carbocycles. The predicted molar refractivity (Wildman–Crippen MR) is 240 cm³/mol. The Labute approximate surface area is 379 Å². The molecule has 0 saturated heterocycles. The molecule has 0 aliphatic heterocycles. The Kier molecular flexibility index (Phi) is 103. The Morgan fingerprint density at radius 2 is 0.651 bits per heavy atom. The van der Waals surface area contributed by atoms with Gasteiger partial charge in [-0.05, 0) is 48.5 Å². The molecule has 0 fully saturated rings. The monoisotopic (exact) mass is 971 g/mol. The van der Waals surface area contributed by atoms with Crippen LogP contribution in [0.3, 0.4) is 0 Å². The van der Waals surface area contributed by atoms with Crippen molar-refractivity contribution in [3.8, 4) is 0 Å². The van der Waals surface area contributed by atoms with Gasteiger partial charge in [0.05, 0.1) is 31.3 Å². The van der Waals surface area contributed by atoms with Gasteiger partial charge in [-0.3, -0.25) is 37.7 Å². The van der Waals surface area contributed by atoms with Crippen LogP contribution < -0.4 is 0 Å². The highest BCUT2D eigenvalue weighted by molar-refractivity contribution is 7.86. The second-order valence-corrected chi connectivity index (χ2v) is 13.4. The summed E-state index contributed by atoms with van der Waals surface area (Å²) in [4.78, 5) is 67.9. The number of rotatable bonds is 16. The van der Waals surface area contributed by atoms with Gasteiger partial charge >= 0.3 is 41.8 Å². The fraction of sp³-hybridized carbons (Fsp3) is 0.821. The van der Waals surface area contributed by atoms with Gasteiger partial charge in [-0.15, -0.1) is 0 Å². The van der Waals surface area contributed by atoms with E-state index in [1.807, 2.05) is 27.7 Å². The molecule has 0 atom stereocenters. The summed E-state index contributed by atoms with van der Waals surface area (Å²) in [5.74, 6) is -3.61. The fourth-order valence-electron chi connectivity index (χ4n) is 1.14. The van der Waals surface area contributed by atoms with Crippen LogP contribution >= 0.6 is 0 Å². The zero-order valence-corrected chi connectivity index (χ0v) is 43.2. The maximum Gasteiger partial charge on any atom is 0.304 e. The summed E-state index contributed by atoms with van der Waals surface area (Å²) in [6.45, 7) is 32.5. The van der Waals surface area contributed by atoms with Crippen LogP contribution in [0.25, 0.3) is 0 Å². The molecule has 24 heteroatoms. The van der Waals surface area contributed by atoms with Gasteiger partial charge in [0.2, 0.25) is 6.79 Å². The Hall–Kier alpha value is -3.97. The number of methoxy groups -OCH3 is 1. The third kappa shape index (κ3) is 189. The van der Waals surface area contributed by atoms with Crippen molar-refractivity contribution in [1.82, 2.24) is 0 Å². The van der Waals surface area contributed by atoms with Crippen molar-refractivity contribution in [3.63, 3.8) is 0 Å². The van der Waals surface area contributed by atoms with E-state index in [0.29, 0.717) is 19.8 Å². The molecule has 0 rings (SSSR count). The molecule has 0 aliphatic rings. The zero-order chi connectivity index (χ0) is 52.9. The van der Waals surface area contributed by atoms with Gasteiger partial charge in [0, 0.05) is 67.3 Å². The number of aliphatic carboxylic acids is 3. The zero-order valence-electron chi connectivity index (χ0n) is 41.6. The van der Waals surface area contributed by atoms with E-state index in [-0.39, 0.29) is 62.1 Å². The van der Waals surface area contributed by atoms with Gasteiger partial charge in [0.25, 0.3) is 20.2 Å². The average Bonchev–Trinajstić information content (AvgIpc) is 3.20. The fourth-order valence-corrected chi connectivity index (χ4v) is 2.03. The van der Waals surface area contributed by atoms with Crippen LogP contribution in [-0.4, -0.2) is 139 Å². The number of carboxylic acids is 3. The molecule has 0 radical (unpaired) electrons. The van der Waals surface area contributed by atoms with Crippen molar-refractivity contribution >= 4 is 62.0 Å². The van der Waals surface area contributed by atoms with E-state index >= 15 is 0 Å². The molecule has 0 amide bonds. The lowest BCUT2D eigenvalue weighted by Gasteiger charge is -2.01. The lowest BCUT2D eigenvalue weighted by Crippen LogP contribution is -2.12. The van der Waals surface area contributed by atoms with Crippen LogP contribution in [0, 0.1) is 0 Å². The van der Waals surface area contributed by atoms with Crippen LogP contribution in [0.15, 0.2) is 0 Å². The summed E-state index contributed by atoms with van der Waals surface area (Å²) in [6, 6.07) is 0. The number of ether oxygens (including phenoxy) is 6. The Morgan fingerprint density at radius 1 is 0.413 bits per heavy atom. The van der Waals surface area contributed by atoms with Crippen molar-refractivity contribution in [3.05, 3.63) is 0 Å². The average molecular weight is 971 g/mol. The van der Waals surface area contributed by atoms with Crippen LogP contribution in [0.4, 0.5) is 0 Å². The number of carbonyl (C=O) groups is 7. The molecule has 3 N–H and O–H groups in total. The Bertz CT molecular complexity index is 1160. The molecular weight excluding hydrogens is 885 g/mol. The van der Waals surface area contributed by atoms with Crippen molar-refractivity contribution in [2.75, 3.05) is 65.2 Å². The van der Waals surface area contributed by atoms with Gasteiger partial charge in [-0.2, -0.15) is 16.8 Å². The molecule has 0 aromatic rings. The number of carbonyl (C=O) groups excluding carboxylic acids is 4. The first-order chi connectivity index (χ1) is 29.0. The van der Waals surface area contributed by atoms with Gasteiger partial charge in [0.15, 0.2) is 6.79 Å². The minimum absolute atomic E-state index is 0.0564. The minimum Gasteiger partial charge on any atom is -0.481 e. The van der Waals surface area contributed by atoms with Crippen LogP contribution in [0.2, 0.25) is 0 Å². The number of hydrogen-bond donors (Lipinski definition) is 3. The van der Waals surface area contributed by atoms with E-state index in [9.17, 15) is 50.4 Å².